The molecule has 2 heterocycles. The van der Waals surface area contributed by atoms with Gasteiger partial charge in [-0.05, 0) is 31.0 Å². The van der Waals surface area contributed by atoms with Crippen molar-refractivity contribution >= 4 is 33.1 Å². The summed E-state index contributed by atoms with van der Waals surface area (Å²) in [6.45, 7) is 5.51. The summed E-state index contributed by atoms with van der Waals surface area (Å²) >= 11 is 0. The minimum atomic E-state index is 0.976. The van der Waals surface area contributed by atoms with Crippen LogP contribution in [0.15, 0.2) is 42.5 Å². The van der Waals surface area contributed by atoms with Crippen LogP contribution >= 0.6 is 0 Å². The third-order valence-electron chi connectivity index (χ3n) is 6.31. The molecule has 0 atom stereocenters. The molecule has 3 heteroatoms. The van der Waals surface area contributed by atoms with E-state index in [-0.39, 0.29) is 0 Å². The van der Waals surface area contributed by atoms with E-state index in [9.17, 15) is 0 Å². The highest BCUT2D eigenvalue weighted by molar-refractivity contribution is 6.07. The van der Waals surface area contributed by atoms with Crippen molar-refractivity contribution in [3.63, 3.8) is 0 Å². The smallest absolute Gasteiger partial charge is 0.160 e. The highest BCUT2D eigenvalue weighted by Crippen LogP contribution is 2.30. The monoisotopic (exact) mass is 401 g/mol. The van der Waals surface area contributed by atoms with Crippen molar-refractivity contribution in [2.24, 2.45) is 0 Å². The molecular weight excluding hydrogens is 366 g/mol. The summed E-state index contributed by atoms with van der Waals surface area (Å²) in [6.07, 6.45) is 13.6. The highest BCUT2D eigenvalue weighted by atomic mass is 15.1. The maximum absolute atomic E-state index is 5.02. The van der Waals surface area contributed by atoms with Gasteiger partial charge in [-0.25, -0.2) is 9.97 Å². The van der Waals surface area contributed by atoms with Gasteiger partial charge in [0.15, 0.2) is 5.65 Å². The quantitative estimate of drug-likeness (QED) is 0.239. The minimum Gasteiger partial charge on any atom is -0.324 e. The zero-order valence-corrected chi connectivity index (χ0v) is 18.7. The first-order valence-corrected chi connectivity index (χ1v) is 11.9. The van der Waals surface area contributed by atoms with Crippen LogP contribution in [0.2, 0.25) is 0 Å². The van der Waals surface area contributed by atoms with Crippen LogP contribution in [0.5, 0.6) is 0 Å². The Balaban J connectivity index is 1.46. The third kappa shape index (κ3) is 4.50. The Kier molecular flexibility index (Phi) is 6.99. The number of rotatable bonds is 11. The van der Waals surface area contributed by atoms with Crippen molar-refractivity contribution < 1.29 is 0 Å². The van der Waals surface area contributed by atoms with Gasteiger partial charge in [0.05, 0.1) is 16.6 Å². The molecule has 0 amide bonds. The zero-order valence-electron chi connectivity index (χ0n) is 18.7. The van der Waals surface area contributed by atoms with E-state index in [1.807, 2.05) is 12.1 Å². The van der Waals surface area contributed by atoms with Crippen molar-refractivity contribution in [1.82, 2.24) is 14.5 Å². The first-order chi connectivity index (χ1) is 14.8. The van der Waals surface area contributed by atoms with Crippen LogP contribution in [0.3, 0.4) is 0 Å². The highest BCUT2D eigenvalue weighted by Gasteiger charge is 2.15. The lowest BCUT2D eigenvalue weighted by molar-refractivity contribution is 0.541. The van der Waals surface area contributed by atoms with Crippen LogP contribution in [0.1, 0.15) is 76.7 Å². The van der Waals surface area contributed by atoms with Gasteiger partial charge < -0.3 is 4.57 Å². The van der Waals surface area contributed by atoms with E-state index < -0.39 is 0 Å². The van der Waals surface area contributed by atoms with E-state index in [0.29, 0.717) is 0 Å². The molecule has 158 valence electrons. The number of para-hydroxylation sites is 3. The summed E-state index contributed by atoms with van der Waals surface area (Å²) in [7, 11) is 0. The lowest BCUT2D eigenvalue weighted by Crippen LogP contribution is -2.01. The van der Waals surface area contributed by atoms with Gasteiger partial charge >= 0.3 is 0 Å². The molecule has 0 aliphatic rings. The lowest BCUT2D eigenvalue weighted by Gasteiger charge is -2.09. The summed E-state index contributed by atoms with van der Waals surface area (Å²) in [6, 6.07) is 14.7. The van der Waals surface area contributed by atoms with Crippen molar-refractivity contribution in [2.45, 2.75) is 84.6 Å². The number of benzene rings is 2. The van der Waals surface area contributed by atoms with Crippen molar-refractivity contribution in [3.8, 4) is 0 Å². The van der Waals surface area contributed by atoms with Crippen LogP contribution in [0.25, 0.3) is 33.1 Å². The fraction of sp³-hybridized carbons (Fsp3) is 0.481. The number of unbranched alkanes of at least 4 members (excludes halogenated alkanes) is 9. The molecule has 0 bridgehead atoms. The predicted molar refractivity (Wildman–Crippen MR) is 129 cm³/mol. The second kappa shape index (κ2) is 10.1. The fourth-order valence-electron chi connectivity index (χ4n) is 4.65. The first-order valence-electron chi connectivity index (χ1n) is 11.9. The fourth-order valence-corrected chi connectivity index (χ4v) is 4.65. The Morgan fingerprint density at radius 1 is 0.700 bits per heavy atom. The summed E-state index contributed by atoms with van der Waals surface area (Å²) < 4.78 is 2.42. The van der Waals surface area contributed by atoms with Crippen LogP contribution in [0.4, 0.5) is 0 Å². The molecular formula is C27H35N3. The average molecular weight is 402 g/mol. The Morgan fingerprint density at radius 3 is 2.03 bits per heavy atom. The molecule has 2 aromatic carbocycles. The van der Waals surface area contributed by atoms with E-state index in [4.69, 9.17) is 9.97 Å². The molecule has 0 saturated heterocycles. The third-order valence-corrected chi connectivity index (χ3v) is 6.31. The largest absolute Gasteiger partial charge is 0.324 e. The normalized spacial score (nSPS) is 11.8. The van der Waals surface area contributed by atoms with E-state index in [1.165, 1.54) is 80.7 Å². The molecule has 0 aliphatic carbocycles. The first kappa shape index (κ1) is 20.8. The molecule has 0 fully saturated rings. The molecule has 3 nitrogen and oxygen atoms in total. The topological polar surface area (TPSA) is 30.7 Å². The van der Waals surface area contributed by atoms with E-state index in [0.717, 1.165) is 28.7 Å². The van der Waals surface area contributed by atoms with Crippen LogP contribution in [0, 0.1) is 6.92 Å². The van der Waals surface area contributed by atoms with Gasteiger partial charge in [0, 0.05) is 11.9 Å². The van der Waals surface area contributed by atoms with E-state index in [1.54, 1.807) is 0 Å². The number of aromatic nitrogens is 3. The molecule has 4 rings (SSSR count). The van der Waals surface area contributed by atoms with Gasteiger partial charge in [-0.1, -0.05) is 95.0 Å². The number of hydrogen-bond donors (Lipinski definition) is 0. The van der Waals surface area contributed by atoms with E-state index >= 15 is 0 Å². The second-order valence-corrected chi connectivity index (χ2v) is 8.69. The maximum atomic E-state index is 5.02. The van der Waals surface area contributed by atoms with Gasteiger partial charge in [0.2, 0.25) is 0 Å². The van der Waals surface area contributed by atoms with Crippen molar-refractivity contribution in [2.75, 3.05) is 0 Å². The maximum Gasteiger partial charge on any atom is 0.160 e. The number of fused-ring (bicyclic) bond motifs is 4. The van der Waals surface area contributed by atoms with Crippen LogP contribution in [-0.4, -0.2) is 14.5 Å². The minimum absolute atomic E-state index is 0.976. The lowest BCUT2D eigenvalue weighted by atomic mass is 10.1. The zero-order chi connectivity index (χ0) is 20.8. The van der Waals surface area contributed by atoms with Crippen LogP contribution in [-0.2, 0) is 6.54 Å². The Hall–Kier alpha value is -2.42. The van der Waals surface area contributed by atoms with Gasteiger partial charge in [0.1, 0.15) is 5.52 Å². The molecule has 0 saturated carbocycles. The molecule has 0 radical (unpaired) electrons. The molecule has 2 aromatic heterocycles. The molecule has 0 unspecified atom stereocenters. The predicted octanol–water partition coefficient (Wildman–Crippen LogP) is 7.97. The number of aryl methyl sites for hydroxylation is 2. The molecule has 0 spiro atoms. The second-order valence-electron chi connectivity index (χ2n) is 8.69. The van der Waals surface area contributed by atoms with Crippen molar-refractivity contribution in [3.05, 3.63) is 48.0 Å². The number of nitrogens with zero attached hydrogens (tertiary/aromatic N) is 3. The standard InChI is InChI=1S/C27H35N3/c1-3-4-5-6-7-8-9-10-11-14-20-30-26-21(2)16-15-17-22(26)25-27(30)29-24-19-13-12-18-23(24)28-25/h12-13,15-19H,3-11,14,20H2,1-2H3. The van der Waals surface area contributed by atoms with Gasteiger partial charge in [-0.3, -0.25) is 0 Å². The van der Waals surface area contributed by atoms with Crippen LogP contribution < -0.4 is 0 Å². The summed E-state index contributed by atoms with van der Waals surface area (Å²) in [4.78, 5) is 10.0. The molecule has 0 aliphatic heterocycles. The summed E-state index contributed by atoms with van der Waals surface area (Å²) in [5.41, 5.74) is 6.65. The van der Waals surface area contributed by atoms with Crippen molar-refractivity contribution in [1.29, 1.82) is 0 Å². The van der Waals surface area contributed by atoms with Gasteiger partial charge in [0.25, 0.3) is 0 Å². The van der Waals surface area contributed by atoms with Gasteiger partial charge in [-0.15, -0.1) is 0 Å². The SMILES string of the molecule is CCCCCCCCCCCCn1c2nc3ccccc3nc2c2cccc(C)c21. The molecule has 4 aromatic rings. The Bertz CT molecular complexity index is 1110. The Labute approximate surface area is 180 Å². The molecule has 0 N–H and O–H groups in total. The molecule has 30 heavy (non-hydrogen) atoms. The summed E-state index contributed by atoms with van der Waals surface area (Å²) in [5.74, 6) is 0. The van der Waals surface area contributed by atoms with Gasteiger partial charge in [-0.2, -0.15) is 0 Å². The average Bonchev–Trinajstić information content (AvgIpc) is 3.07. The Morgan fingerprint density at radius 2 is 1.33 bits per heavy atom. The summed E-state index contributed by atoms with van der Waals surface area (Å²) in [5, 5.41) is 1.23. The van der Waals surface area contributed by atoms with E-state index in [2.05, 4.69) is 48.7 Å². The number of hydrogen-bond acceptors (Lipinski definition) is 2.